The average Bonchev–Trinajstić information content (AvgIpc) is 2.37. The van der Waals surface area contributed by atoms with Crippen LogP contribution in [-0.4, -0.2) is 34.4 Å². The fraction of sp³-hybridized carbons (Fsp3) is 0.364. The minimum atomic E-state index is -3.20. The van der Waals surface area contributed by atoms with E-state index in [1.54, 1.807) is 26.1 Å². The van der Waals surface area contributed by atoms with Crippen LogP contribution in [0.25, 0.3) is 0 Å². The Kier molecular flexibility index (Phi) is 4.11. The molecule has 17 heavy (non-hydrogen) atoms. The highest BCUT2D eigenvalue weighted by Crippen LogP contribution is 2.18. The number of amides is 1. The Morgan fingerprint density at radius 2 is 1.82 bits per heavy atom. The molecule has 0 unspecified atom stereocenters. The van der Waals surface area contributed by atoms with E-state index in [9.17, 15) is 13.2 Å². The number of carbonyl (C=O) groups excluding carboxylic acids is 1. The van der Waals surface area contributed by atoms with Crippen molar-refractivity contribution in [2.75, 3.05) is 24.8 Å². The van der Waals surface area contributed by atoms with Crippen molar-refractivity contribution in [3.05, 3.63) is 24.3 Å². The van der Waals surface area contributed by atoms with Crippen LogP contribution in [0.5, 0.6) is 0 Å². The molecule has 0 saturated heterocycles. The van der Waals surface area contributed by atoms with Gasteiger partial charge in [0.15, 0.2) is 9.84 Å². The van der Waals surface area contributed by atoms with Crippen molar-refractivity contribution >= 4 is 21.6 Å². The molecule has 1 amide bonds. The fourth-order valence-corrected chi connectivity index (χ4v) is 2.17. The van der Waals surface area contributed by atoms with Crippen LogP contribution >= 0.6 is 0 Å². The molecule has 0 spiro atoms. The summed E-state index contributed by atoms with van der Waals surface area (Å²) in [6.45, 7) is 1.59. The van der Waals surface area contributed by atoms with E-state index < -0.39 is 15.9 Å². The zero-order valence-corrected chi connectivity index (χ0v) is 10.8. The van der Waals surface area contributed by atoms with E-state index in [1.165, 1.54) is 24.1 Å². The number of anilines is 1. The molecule has 1 aromatic carbocycles. The van der Waals surface area contributed by atoms with Gasteiger partial charge >= 0.3 is 6.09 Å². The summed E-state index contributed by atoms with van der Waals surface area (Å²) in [5.41, 5.74) is 0.576. The number of sulfone groups is 1. The van der Waals surface area contributed by atoms with Gasteiger partial charge in [-0.2, -0.15) is 0 Å². The number of hydrogen-bond acceptors (Lipinski definition) is 4. The van der Waals surface area contributed by atoms with E-state index in [4.69, 9.17) is 0 Å². The Hall–Kier alpha value is -1.56. The van der Waals surface area contributed by atoms with Gasteiger partial charge in [0.1, 0.15) is 0 Å². The topological polar surface area (TPSA) is 63.7 Å². The third kappa shape index (κ3) is 2.97. The molecular formula is C11H15NO4S. The van der Waals surface area contributed by atoms with Gasteiger partial charge in [-0.25, -0.2) is 13.2 Å². The molecule has 1 rings (SSSR count). The van der Waals surface area contributed by atoms with Crippen LogP contribution in [0.2, 0.25) is 0 Å². The molecule has 0 bridgehead atoms. The number of hydrogen-bond donors (Lipinski definition) is 0. The standard InChI is InChI=1S/C11H15NO4S/c1-4-17(14,15)10-7-5-9(6-8-10)12(2)11(13)16-3/h5-8H,4H2,1-3H3. The van der Waals surface area contributed by atoms with Crippen LogP contribution in [0.1, 0.15) is 6.92 Å². The Morgan fingerprint density at radius 1 is 1.29 bits per heavy atom. The van der Waals surface area contributed by atoms with Gasteiger partial charge in [0.05, 0.1) is 17.8 Å². The highest BCUT2D eigenvalue weighted by molar-refractivity contribution is 7.91. The molecule has 0 saturated carbocycles. The summed E-state index contributed by atoms with van der Waals surface area (Å²) in [6.07, 6.45) is -0.504. The van der Waals surface area contributed by atoms with Gasteiger partial charge in [-0.1, -0.05) is 6.92 Å². The summed E-state index contributed by atoms with van der Waals surface area (Å²) >= 11 is 0. The van der Waals surface area contributed by atoms with Crippen molar-refractivity contribution in [1.29, 1.82) is 0 Å². The molecule has 0 aliphatic carbocycles. The van der Waals surface area contributed by atoms with Crippen LogP contribution in [0.15, 0.2) is 29.2 Å². The van der Waals surface area contributed by atoms with E-state index in [0.717, 1.165) is 0 Å². The molecule has 6 heteroatoms. The van der Waals surface area contributed by atoms with Gasteiger partial charge in [-0.15, -0.1) is 0 Å². The quantitative estimate of drug-likeness (QED) is 0.826. The maximum absolute atomic E-state index is 11.6. The van der Waals surface area contributed by atoms with E-state index in [2.05, 4.69) is 4.74 Å². The molecule has 0 heterocycles. The van der Waals surface area contributed by atoms with Crippen LogP contribution in [0.4, 0.5) is 10.5 Å². The van der Waals surface area contributed by atoms with Gasteiger partial charge in [0.2, 0.25) is 0 Å². The third-order valence-corrected chi connectivity index (χ3v) is 4.16. The van der Waals surface area contributed by atoms with E-state index in [1.807, 2.05) is 0 Å². The van der Waals surface area contributed by atoms with Crippen molar-refractivity contribution in [1.82, 2.24) is 0 Å². The summed E-state index contributed by atoms with van der Waals surface area (Å²) in [5, 5.41) is 0. The van der Waals surface area contributed by atoms with Crippen LogP contribution in [0, 0.1) is 0 Å². The first-order valence-electron chi connectivity index (χ1n) is 5.07. The lowest BCUT2D eigenvalue weighted by molar-refractivity contribution is 0.180. The lowest BCUT2D eigenvalue weighted by atomic mass is 10.3. The van der Waals surface area contributed by atoms with Gasteiger partial charge in [0.25, 0.3) is 0 Å². The van der Waals surface area contributed by atoms with Crippen LogP contribution in [-0.2, 0) is 14.6 Å². The average molecular weight is 257 g/mol. The number of rotatable bonds is 3. The molecule has 0 radical (unpaired) electrons. The largest absolute Gasteiger partial charge is 0.452 e. The highest BCUT2D eigenvalue weighted by atomic mass is 32.2. The summed E-state index contributed by atoms with van der Waals surface area (Å²) in [4.78, 5) is 12.8. The van der Waals surface area contributed by atoms with Crippen molar-refractivity contribution in [2.45, 2.75) is 11.8 Å². The summed E-state index contributed by atoms with van der Waals surface area (Å²) in [5.74, 6) is 0.0547. The number of benzene rings is 1. The maximum Gasteiger partial charge on any atom is 0.413 e. The highest BCUT2D eigenvalue weighted by Gasteiger charge is 2.14. The SMILES string of the molecule is CCS(=O)(=O)c1ccc(N(C)C(=O)OC)cc1. The molecule has 1 aromatic rings. The monoisotopic (exact) mass is 257 g/mol. The molecule has 0 N–H and O–H groups in total. The zero-order chi connectivity index (χ0) is 13.1. The number of methoxy groups -OCH3 is 1. The molecule has 5 nitrogen and oxygen atoms in total. The van der Waals surface area contributed by atoms with Gasteiger partial charge in [0, 0.05) is 12.7 Å². The lowest BCUT2D eigenvalue weighted by Gasteiger charge is -2.15. The zero-order valence-electron chi connectivity index (χ0n) is 10.0. The minimum absolute atomic E-state index is 0.0547. The lowest BCUT2D eigenvalue weighted by Crippen LogP contribution is -2.25. The summed E-state index contributed by atoms with van der Waals surface area (Å²) in [7, 11) is -0.364. The normalized spacial score (nSPS) is 11.0. The first kappa shape index (κ1) is 13.5. The summed E-state index contributed by atoms with van der Waals surface area (Å²) in [6, 6.07) is 6.10. The molecule has 0 aliphatic heterocycles. The van der Waals surface area contributed by atoms with Crippen molar-refractivity contribution in [2.24, 2.45) is 0 Å². The fourth-order valence-electron chi connectivity index (χ4n) is 1.29. The first-order chi connectivity index (χ1) is 7.92. The Bertz CT molecular complexity index is 493. The maximum atomic E-state index is 11.6. The third-order valence-electron chi connectivity index (χ3n) is 2.41. The molecule has 94 valence electrons. The first-order valence-corrected chi connectivity index (χ1v) is 6.72. The molecule has 0 aliphatic rings. The second-order valence-corrected chi connectivity index (χ2v) is 5.70. The number of ether oxygens (including phenoxy) is 1. The van der Waals surface area contributed by atoms with Crippen molar-refractivity contribution in [3.63, 3.8) is 0 Å². The molecule has 0 fully saturated rings. The van der Waals surface area contributed by atoms with E-state index in [-0.39, 0.29) is 10.6 Å². The van der Waals surface area contributed by atoms with Crippen molar-refractivity contribution in [3.8, 4) is 0 Å². The van der Waals surface area contributed by atoms with Crippen LogP contribution < -0.4 is 4.90 Å². The van der Waals surface area contributed by atoms with Gasteiger partial charge in [-0.05, 0) is 24.3 Å². The Morgan fingerprint density at radius 3 is 2.24 bits per heavy atom. The molecule has 0 atom stereocenters. The number of nitrogens with zero attached hydrogens (tertiary/aromatic N) is 1. The molecule has 0 aromatic heterocycles. The van der Waals surface area contributed by atoms with Crippen LogP contribution in [0.3, 0.4) is 0 Å². The van der Waals surface area contributed by atoms with E-state index >= 15 is 0 Å². The second kappa shape index (κ2) is 5.18. The van der Waals surface area contributed by atoms with Gasteiger partial charge in [-0.3, -0.25) is 4.90 Å². The Labute approximate surface area is 101 Å². The van der Waals surface area contributed by atoms with E-state index in [0.29, 0.717) is 5.69 Å². The number of carbonyl (C=O) groups is 1. The molecular weight excluding hydrogens is 242 g/mol. The Balaban J connectivity index is 3.00. The van der Waals surface area contributed by atoms with Gasteiger partial charge < -0.3 is 4.74 Å². The summed E-state index contributed by atoms with van der Waals surface area (Å²) < 4.78 is 27.7. The predicted octanol–water partition coefficient (Wildman–Crippen LogP) is 1.68. The smallest absolute Gasteiger partial charge is 0.413 e. The second-order valence-electron chi connectivity index (χ2n) is 3.43. The van der Waals surface area contributed by atoms with Crippen molar-refractivity contribution < 1.29 is 17.9 Å². The minimum Gasteiger partial charge on any atom is -0.452 e. The predicted molar refractivity (Wildman–Crippen MR) is 65.0 cm³/mol.